The highest BCUT2D eigenvalue weighted by Crippen LogP contribution is 2.46. The normalized spacial score (nSPS) is 19.3. The molecule has 0 spiro atoms. The Hall–Kier alpha value is -1.33. The summed E-state index contributed by atoms with van der Waals surface area (Å²) >= 11 is 1.64. The highest BCUT2D eigenvalue weighted by atomic mass is 32.2. The molecule has 1 aliphatic heterocycles. The molecule has 98 valence electrons. The lowest BCUT2D eigenvalue weighted by atomic mass is 10.1. The zero-order valence-corrected chi connectivity index (χ0v) is 11.7. The molecule has 1 heterocycles. The molecule has 1 aromatic carbocycles. The smallest absolute Gasteiger partial charge is 0.241 e. The molecule has 5 heteroatoms. The number of ether oxygens (including phenoxy) is 2. The van der Waals surface area contributed by atoms with Crippen molar-refractivity contribution in [3.05, 3.63) is 46.4 Å². The van der Waals surface area contributed by atoms with E-state index in [1.165, 1.54) is 5.56 Å². The zero-order valence-electron chi connectivity index (χ0n) is 10.8. The third-order valence-electron chi connectivity index (χ3n) is 2.92. The van der Waals surface area contributed by atoms with Gasteiger partial charge in [0.15, 0.2) is 0 Å². The van der Waals surface area contributed by atoms with Gasteiger partial charge in [-0.3, -0.25) is 0 Å². The van der Waals surface area contributed by atoms with Gasteiger partial charge in [-0.05, 0) is 11.1 Å². The number of methoxy groups -OCH3 is 2. The number of nitrogens with two attached hydrogens (primary N) is 1. The van der Waals surface area contributed by atoms with Crippen LogP contribution in [0.2, 0.25) is 0 Å². The van der Waals surface area contributed by atoms with Crippen LogP contribution in [0.4, 0.5) is 0 Å². The largest absolute Gasteiger partial charge is 0.486 e. The van der Waals surface area contributed by atoms with Crippen LogP contribution in [0.15, 0.2) is 35.2 Å². The first-order valence-corrected chi connectivity index (χ1v) is 6.60. The van der Waals surface area contributed by atoms with Gasteiger partial charge in [0.1, 0.15) is 5.37 Å². The van der Waals surface area contributed by atoms with Crippen LogP contribution in [0.1, 0.15) is 16.5 Å². The molecule has 0 saturated heterocycles. The van der Waals surface area contributed by atoms with E-state index < -0.39 is 0 Å². The maximum Gasteiger partial charge on any atom is 0.241 e. The molecule has 1 aromatic rings. The van der Waals surface area contributed by atoms with Crippen molar-refractivity contribution >= 4 is 11.8 Å². The van der Waals surface area contributed by atoms with Crippen LogP contribution < -0.4 is 5.73 Å². The summed E-state index contributed by atoms with van der Waals surface area (Å²) in [6, 6.07) is 8.29. The van der Waals surface area contributed by atoms with Gasteiger partial charge in [-0.15, -0.1) is 0 Å². The van der Waals surface area contributed by atoms with Gasteiger partial charge in [0.05, 0.1) is 14.2 Å². The van der Waals surface area contributed by atoms with E-state index in [1.54, 1.807) is 26.0 Å². The third kappa shape index (κ3) is 2.28. The molecule has 1 unspecified atom stereocenters. The predicted molar refractivity (Wildman–Crippen MR) is 73.5 cm³/mol. The van der Waals surface area contributed by atoms with Gasteiger partial charge >= 0.3 is 0 Å². The number of thioether (sulfide) groups is 1. The molecular weight excluding hydrogens is 248 g/mol. The highest BCUT2D eigenvalue weighted by molar-refractivity contribution is 8.03. The minimum atomic E-state index is 0.168. The van der Waals surface area contributed by atoms with Crippen molar-refractivity contribution in [2.45, 2.75) is 11.9 Å². The van der Waals surface area contributed by atoms with Gasteiger partial charge in [0.25, 0.3) is 0 Å². The standard InChI is InChI=1S/C13H18N2O2S/c1-15-11(16-2)13(17-3)18-12(15)10-6-4-5-9(7-10)8-14/h4-7,12H,8,14H2,1-3H3. The Morgan fingerprint density at radius 1 is 1.33 bits per heavy atom. The topological polar surface area (TPSA) is 47.7 Å². The summed E-state index contributed by atoms with van der Waals surface area (Å²) in [5, 5.41) is 0.976. The van der Waals surface area contributed by atoms with Crippen molar-refractivity contribution in [1.29, 1.82) is 0 Å². The van der Waals surface area contributed by atoms with E-state index in [9.17, 15) is 0 Å². The van der Waals surface area contributed by atoms with Crippen LogP contribution in [0, 0.1) is 0 Å². The first kappa shape index (κ1) is 13.1. The quantitative estimate of drug-likeness (QED) is 0.905. The lowest BCUT2D eigenvalue weighted by Crippen LogP contribution is -2.18. The molecule has 1 atom stereocenters. The van der Waals surface area contributed by atoms with Crippen LogP contribution in [0.3, 0.4) is 0 Å². The van der Waals surface area contributed by atoms with Crippen molar-refractivity contribution in [2.24, 2.45) is 5.73 Å². The Labute approximate surface area is 112 Å². The molecule has 0 radical (unpaired) electrons. The van der Waals surface area contributed by atoms with Gasteiger partial charge in [-0.1, -0.05) is 36.0 Å². The monoisotopic (exact) mass is 266 g/mol. The molecule has 18 heavy (non-hydrogen) atoms. The molecule has 1 aliphatic rings. The Morgan fingerprint density at radius 2 is 2.11 bits per heavy atom. The van der Waals surface area contributed by atoms with Crippen LogP contribution in [-0.2, 0) is 16.0 Å². The molecule has 0 aromatic heterocycles. The Morgan fingerprint density at radius 3 is 2.67 bits per heavy atom. The van der Waals surface area contributed by atoms with Crippen LogP contribution in [0.25, 0.3) is 0 Å². The maximum absolute atomic E-state index is 5.68. The van der Waals surface area contributed by atoms with E-state index in [4.69, 9.17) is 15.2 Å². The van der Waals surface area contributed by atoms with E-state index in [-0.39, 0.29) is 5.37 Å². The average Bonchev–Trinajstić information content (AvgIpc) is 2.75. The fraction of sp³-hybridized carbons (Fsp3) is 0.385. The molecule has 0 aliphatic carbocycles. The van der Waals surface area contributed by atoms with E-state index in [1.807, 2.05) is 19.2 Å². The summed E-state index contributed by atoms with van der Waals surface area (Å²) < 4.78 is 10.7. The first-order chi connectivity index (χ1) is 8.71. The second-order valence-electron chi connectivity index (χ2n) is 4.03. The zero-order chi connectivity index (χ0) is 13.1. The molecule has 0 fully saturated rings. The number of hydrogen-bond donors (Lipinski definition) is 1. The van der Waals surface area contributed by atoms with Crippen LogP contribution in [0.5, 0.6) is 0 Å². The number of hydrogen-bond acceptors (Lipinski definition) is 5. The molecule has 0 bridgehead atoms. The van der Waals surface area contributed by atoms with E-state index in [2.05, 4.69) is 17.0 Å². The Kier molecular flexibility index (Phi) is 4.04. The summed E-state index contributed by atoms with van der Waals surface area (Å²) in [6.07, 6.45) is 0. The third-order valence-corrected chi connectivity index (χ3v) is 4.28. The Bertz CT molecular complexity index is 462. The summed E-state index contributed by atoms with van der Waals surface area (Å²) in [5.74, 6) is 0.769. The Balaban J connectivity index is 2.26. The van der Waals surface area contributed by atoms with Gasteiger partial charge in [0.2, 0.25) is 11.0 Å². The second-order valence-corrected chi connectivity index (χ2v) is 5.08. The van der Waals surface area contributed by atoms with E-state index in [0.29, 0.717) is 6.54 Å². The molecule has 0 amide bonds. The molecule has 4 nitrogen and oxygen atoms in total. The van der Waals surface area contributed by atoms with Crippen LogP contribution in [-0.4, -0.2) is 26.2 Å². The first-order valence-electron chi connectivity index (χ1n) is 5.72. The maximum atomic E-state index is 5.68. The summed E-state index contributed by atoms with van der Waals surface area (Å²) in [6.45, 7) is 0.552. The number of benzene rings is 1. The minimum Gasteiger partial charge on any atom is -0.486 e. The molecule has 2 rings (SSSR count). The van der Waals surface area contributed by atoms with Gasteiger partial charge < -0.3 is 20.1 Å². The van der Waals surface area contributed by atoms with E-state index in [0.717, 1.165) is 16.5 Å². The summed E-state index contributed by atoms with van der Waals surface area (Å²) in [5.41, 5.74) is 8.01. The lowest BCUT2D eigenvalue weighted by Gasteiger charge is -2.22. The molecule has 0 saturated carbocycles. The van der Waals surface area contributed by atoms with Gasteiger partial charge in [0, 0.05) is 13.6 Å². The summed E-state index contributed by atoms with van der Waals surface area (Å²) in [4.78, 5) is 2.07. The van der Waals surface area contributed by atoms with Crippen molar-refractivity contribution in [1.82, 2.24) is 4.90 Å². The van der Waals surface area contributed by atoms with Crippen molar-refractivity contribution < 1.29 is 9.47 Å². The highest BCUT2D eigenvalue weighted by Gasteiger charge is 2.33. The molecule has 2 N–H and O–H groups in total. The van der Waals surface area contributed by atoms with E-state index >= 15 is 0 Å². The van der Waals surface area contributed by atoms with Crippen LogP contribution >= 0.6 is 11.8 Å². The van der Waals surface area contributed by atoms with Gasteiger partial charge in [-0.2, -0.15) is 0 Å². The molecular formula is C13H18N2O2S. The number of rotatable bonds is 4. The lowest BCUT2D eigenvalue weighted by molar-refractivity contribution is 0.152. The minimum absolute atomic E-state index is 0.168. The average molecular weight is 266 g/mol. The number of nitrogens with zero attached hydrogens (tertiary/aromatic N) is 1. The predicted octanol–water partition coefficient (Wildman–Crippen LogP) is 2.24. The fourth-order valence-electron chi connectivity index (χ4n) is 2.01. The second kappa shape index (κ2) is 5.54. The SMILES string of the molecule is COC1=C(OC)N(C)C(c2cccc(CN)c2)S1. The summed E-state index contributed by atoms with van der Waals surface area (Å²) in [7, 11) is 5.32. The van der Waals surface area contributed by atoms with Crippen molar-refractivity contribution in [3.63, 3.8) is 0 Å². The van der Waals surface area contributed by atoms with Gasteiger partial charge in [-0.25, -0.2) is 0 Å². The fourth-order valence-corrected chi connectivity index (χ4v) is 3.17. The van der Waals surface area contributed by atoms with Crippen molar-refractivity contribution in [3.8, 4) is 0 Å². The van der Waals surface area contributed by atoms with Crippen molar-refractivity contribution in [2.75, 3.05) is 21.3 Å².